The molecular formula is C19H25N3O3S. The van der Waals surface area contributed by atoms with Gasteiger partial charge in [-0.1, -0.05) is 30.8 Å². The summed E-state index contributed by atoms with van der Waals surface area (Å²) in [5.41, 5.74) is 1.67. The number of carboxylic acid groups (broad SMARTS) is 1. The summed E-state index contributed by atoms with van der Waals surface area (Å²) in [4.78, 5) is 30.0. The zero-order valence-electron chi connectivity index (χ0n) is 15.1. The first-order chi connectivity index (χ1) is 12.6. The number of imidazole rings is 1. The maximum atomic E-state index is 12.1. The van der Waals surface area contributed by atoms with Crippen molar-refractivity contribution in [1.29, 1.82) is 0 Å². The minimum atomic E-state index is -0.871. The maximum absolute atomic E-state index is 12.1. The molecule has 0 spiro atoms. The largest absolute Gasteiger partial charge is 0.480 e. The highest BCUT2D eigenvalue weighted by Gasteiger charge is 2.24. The van der Waals surface area contributed by atoms with Crippen LogP contribution in [0, 0.1) is 5.92 Å². The van der Waals surface area contributed by atoms with Gasteiger partial charge in [-0.3, -0.25) is 9.59 Å². The molecule has 1 atom stereocenters. The first-order valence-electron chi connectivity index (χ1n) is 9.16. The number of thioether (sulfide) groups is 1. The number of carbonyl (C=O) groups excluding carboxylic acids is 1. The second-order valence-electron chi connectivity index (χ2n) is 6.77. The van der Waals surface area contributed by atoms with E-state index in [0.29, 0.717) is 12.3 Å². The lowest BCUT2D eigenvalue weighted by Gasteiger charge is -2.32. The van der Waals surface area contributed by atoms with Gasteiger partial charge in [0.2, 0.25) is 5.91 Å². The third-order valence-electron chi connectivity index (χ3n) is 4.70. The molecule has 1 fully saturated rings. The van der Waals surface area contributed by atoms with Gasteiger partial charge in [-0.15, -0.1) is 0 Å². The Morgan fingerprint density at radius 3 is 2.92 bits per heavy atom. The average Bonchev–Trinajstić information content (AvgIpc) is 2.97. The molecule has 3 rings (SSSR count). The van der Waals surface area contributed by atoms with E-state index in [-0.39, 0.29) is 12.5 Å². The van der Waals surface area contributed by atoms with E-state index in [4.69, 9.17) is 0 Å². The van der Waals surface area contributed by atoms with Gasteiger partial charge in [0.15, 0.2) is 5.16 Å². The zero-order valence-corrected chi connectivity index (χ0v) is 15.9. The van der Waals surface area contributed by atoms with Crippen molar-refractivity contribution in [3.8, 4) is 0 Å². The highest BCUT2D eigenvalue weighted by Crippen LogP contribution is 2.28. The SMILES string of the molecule is CCCC(=O)N1CCC[C@H](CSc2nc3ccccc3n2CC(=O)O)C1. The van der Waals surface area contributed by atoms with Gasteiger partial charge < -0.3 is 14.6 Å². The van der Waals surface area contributed by atoms with Gasteiger partial charge in [-0.25, -0.2) is 4.98 Å². The number of rotatable bonds is 7. The molecule has 1 aliphatic rings. The van der Waals surface area contributed by atoms with Crippen LogP contribution in [0.25, 0.3) is 11.0 Å². The summed E-state index contributed by atoms with van der Waals surface area (Å²) in [5.74, 6) is 0.649. The molecule has 1 saturated heterocycles. The monoisotopic (exact) mass is 375 g/mol. The molecule has 0 unspecified atom stereocenters. The Labute approximate surface area is 157 Å². The van der Waals surface area contributed by atoms with Crippen LogP contribution in [0.3, 0.4) is 0 Å². The van der Waals surface area contributed by atoms with Crippen molar-refractivity contribution >= 4 is 34.7 Å². The minimum absolute atomic E-state index is 0.0887. The van der Waals surface area contributed by atoms with Gasteiger partial charge >= 0.3 is 5.97 Å². The molecule has 1 N–H and O–H groups in total. The molecular weight excluding hydrogens is 350 g/mol. The summed E-state index contributed by atoms with van der Waals surface area (Å²) in [6.07, 6.45) is 3.64. The molecule has 0 radical (unpaired) electrons. The first-order valence-corrected chi connectivity index (χ1v) is 10.1. The van der Waals surface area contributed by atoms with Crippen molar-refractivity contribution in [2.75, 3.05) is 18.8 Å². The van der Waals surface area contributed by atoms with Crippen LogP contribution in [0.2, 0.25) is 0 Å². The van der Waals surface area contributed by atoms with Gasteiger partial charge in [-0.2, -0.15) is 0 Å². The van der Waals surface area contributed by atoms with Crippen LogP contribution < -0.4 is 0 Å². The Kier molecular flexibility index (Phi) is 6.19. The topological polar surface area (TPSA) is 75.4 Å². The van der Waals surface area contributed by atoms with Crippen LogP contribution in [0.4, 0.5) is 0 Å². The number of piperidine rings is 1. The number of hydrogen-bond acceptors (Lipinski definition) is 4. The quantitative estimate of drug-likeness (QED) is 0.752. The molecule has 0 bridgehead atoms. The third kappa shape index (κ3) is 4.38. The fraction of sp³-hybridized carbons (Fsp3) is 0.526. The smallest absolute Gasteiger partial charge is 0.323 e. The molecule has 1 aromatic heterocycles. The van der Waals surface area contributed by atoms with Crippen molar-refractivity contribution in [3.05, 3.63) is 24.3 Å². The predicted octanol–water partition coefficient (Wildman–Crippen LogP) is 3.25. The number of aromatic nitrogens is 2. The summed E-state index contributed by atoms with van der Waals surface area (Å²) >= 11 is 1.60. The molecule has 26 heavy (non-hydrogen) atoms. The molecule has 2 heterocycles. The zero-order chi connectivity index (χ0) is 18.5. The number of carboxylic acids is 1. The number of hydrogen-bond donors (Lipinski definition) is 1. The second-order valence-corrected chi connectivity index (χ2v) is 7.76. The summed E-state index contributed by atoms with van der Waals surface area (Å²) in [6, 6.07) is 7.62. The molecule has 2 aromatic rings. The molecule has 1 amide bonds. The van der Waals surface area contributed by atoms with Crippen LogP contribution in [-0.4, -0.2) is 50.3 Å². The van der Waals surface area contributed by atoms with E-state index < -0.39 is 5.97 Å². The molecule has 7 heteroatoms. The fourth-order valence-electron chi connectivity index (χ4n) is 3.44. The van der Waals surface area contributed by atoms with Gasteiger partial charge in [0.25, 0.3) is 0 Å². The van der Waals surface area contributed by atoms with Crippen molar-refractivity contribution in [3.63, 3.8) is 0 Å². The fourth-order valence-corrected chi connectivity index (χ4v) is 4.58. The van der Waals surface area contributed by atoms with Crippen LogP contribution in [0.1, 0.15) is 32.6 Å². The van der Waals surface area contributed by atoms with Gasteiger partial charge in [0.1, 0.15) is 6.54 Å². The third-order valence-corrected chi connectivity index (χ3v) is 5.90. The van der Waals surface area contributed by atoms with E-state index in [1.165, 1.54) is 0 Å². The molecule has 140 valence electrons. The summed E-state index contributed by atoms with van der Waals surface area (Å²) < 4.78 is 1.77. The second kappa shape index (κ2) is 8.58. The highest BCUT2D eigenvalue weighted by atomic mass is 32.2. The lowest BCUT2D eigenvalue weighted by Crippen LogP contribution is -2.40. The Balaban J connectivity index is 1.69. The van der Waals surface area contributed by atoms with Crippen molar-refractivity contribution in [1.82, 2.24) is 14.5 Å². The van der Waals surface area contributed by atoms with E-state index in [2.05, 4.69) is 4.98 Å². The predicted molar refractivity (Wildman–Crippen MR) is 102 cm³/mol. The van der Waals surface area contributed by atoms with Crippen LogP contribution in [0.15, 0.2) is 29.4 Å². The Morgan fingerprint density at radius 1 is 1.35 bits per heavy atom. The van der Waals surface area contributed by atoms with Crippen LogP contribution in [-0.2, 0) is 16.1 Å². The van der Waals surface area contributed by atoms with Gasteiger partial charge in [0.05, 0.1) is 11.0 Å². The number of para-hydroxylation sites is 2. The Bertz CT molecular complexity index is 789. The molecule has 1 aromatic carbocycles. The number of nitrogens with zero attached hydrogens (tertiary/aromatic N) is 3. The minimum Gasteiger partial charge on any atom is -0.480 e. The number of benzene rings is 1. The van der Waals surface area contributed by atoms with Gasteiger partial charge in [-0.05, 0) is 37.3 Å². The van der Waals surface area contributed by atoms with Crippen molar-refractivity contribution < 1.29 is 14.7 Å². The van der Waals surface area contributed by atoms with Crippen molar-refractivity contribution in [2.24, 2.45) is 5.92 Å². The normalized spacial score (nSPS) is 17.6. The Morgan fingerprint density at radius 2 is 2.15 bits per heavy atom. The maximum Gasteiger partial charge on any atom is 0.323 e. The standard InChI is InChI=1S/C19H25N3O3S/c1-2-6-17(23)21-10-5-7-14(11-21)13-26-19-20-15-8-3-4-9-16(15)22(19)12-18(24)25/h3-4,8-9,14H,2,5-7,10-13H2,1H3,(H,24,25)/t14-/m0/s1. The first kappa shape index (κ1) is 18.8. The van der Waals surface area contributed by atoms with Gasteiger partial charge in [0, 0.05) is 25.3 Å². The summed E-state index contributed by atoms with van der Waals surface area (Å²) in [5, 5.41) is 9.97. The summed E-state index contributed by atoms with van der Waals surface area (Å²) in [6.45, 7) is 3.60. The number of amides is 1. The molecule has 1 aliphatic heterocycles. The lowest BCUT2D eigenvalue weighted by atomic mass is 10.00. The number of carbonyl (C=O) groups is 2. The molecule has 6 nitrogen and oxygen atoms in total. The van der Waals surface area contributed by atoms with E-state index in [1.807, 2.05) is 36.1 Å². The number of fused-ring (bicyclic) bond motifs is 1. The average molecular weight is 375 g/mol. The lowest BCUT2D eigenvalue weighted by molar-refractivity contribution is -0.137. The Hall–Kier alpha value is -2.02. The number of aliphatic carboxylic acids is 1. The van der Waals surface area contributed by atoms with Crippen LogP contribution >= 0.6 is 11.8 Å². The van der Waals surface area contributed by atoms with Crippen LogP contribution in [0.5, 0.6) is 0 Å². The van der Waals surface area contributed by atoms with Crippen molar-refractivity contribution in [2.45, 2.75) is 44.3 Å². The van der Waals surface area contributed by atoms with E-state index in [0.717, 1.165) is 54.3 Å². The number of likely N-dealkylation sites (tertiary alicyclic amines) is 1. The molecule has 0 saturated carbocycles. The summed E-state index contributed by atoms with van der Waals surface area (Å²) in [7, 11) is 0. The highest BCUT2D eigenvalue weighted by molar-refractivity contribution is 7.99. The molecule has 0 aliphatic carbocycles. The van der Waals surface area contributed by atoms with E-state index in [1.54, 1.807) is 16.3 Å². The van der Waals surface area contributed by atoms with E-state index in [9.17, 15) is 14.7 Å². The van der Waals surface area contributed by atoms with E-state index >= 15 is 0 Å².